The molecule has 4 unspecified atom stereocenters. The van der Waals surface area contributed by atoms with Crippen LogP contribution in [0.2, 0.25) is 0 Å². The van der Waals surface area contributed by atoms with Gasteiger partial charge in [0.05, 0.1) is 17.7 Å². The summed E-state index contributed by atoms with van der Waals surface area (Å²) in [5.41, 5.74) is 3.03. The Bertz CT molecular complexity index is 1030. The molecule has 2 fully saturated rings. The van der Waals surface area contributed by atoms with Crippen molar-refractivity contribution in [3.63, 3.8) is 0 Å². The van der Waals surface area contributed by atoms with Crippen molar-refractivity contribution >= 4 is 10.9 Å². The number of aliphatic hydroxyl groups excluding tert-OH is 2. The van der Waals surface area contributed by atoms with E-state index in [0.29, 0.717) is 29.6 Å². The van der Waals surface area contributed by atoms with Crippen molar-refractivity contribution in [1.29, 1.82) is 0 Å². The summed E-state index contributed by atoms with van der Waals surface area (Å²) in [5, 5.41) is 22.5. The Morgan fingerprint density at radius 2 is 1.37 bits per heavy atom. The standard InChI is InChI=1S/C16H30O2.C15H10N.Ir/c1-9(2)12-7-5-11-6-8-13(10(3)4)16(18)14(11)15(12)17;1-2-6-12(7-3-1)15-11-10-13-8-4-5-9-14(13)16-15;/h9-18H,5-8H2,1-4H3;1-6,8-11H;/q;-1;/t11?,12-,13+,14?,15?,16?;;. The van der Waals surface area contributed by atoms with Gasteiger partial charge in [0.25, 0.3) is 0 Å². The first-order valence-electron chi connectivity index (χ1n) is 13.1. The maximum Gasteiger partial charge on any atom is 0.0626 e. The third-order valence-electron chi connectivity index (χ3n) is 8.25. The number of hydrogen-bond donors (Lipinski definition) is 2. The Hall–Kier alpha value is -1.58. The Morgan fingerprint density at radius 1 is 0.771 bits per heavy atom. The SMILES string of the molecule is CC(C)[C@H]1CCC2CC[C@@H](C(C)C)C(O)C2C1O.[Ir].[c-]1ccccc1-c1ccc2ccccc2n1. The molecule has 2 aliphatic rings. The van der Waals surface area contributed by atoms with E-state index in [4.69, 9.17) is 0 Å². The molecule has 2 aromatic carbocycles. The predicted molar refractivity (Wildman–Crippen MR) is 140 cm³/mol. The van der Waals surface area contributed by atoms with Gasteiger partial charge in [0.2, 0.25) is 0 Å². The second kappa shape index (κ2) is 12.6. The monoisotopic (exact) mass is 651 g/mol. The topological polar surface area (TPSA) is 53.4 Å². The maximum atomic E-state index is 10.6. The van der Waals surface area contributed by atoms with Gasteiger partial charge in [0.1, 0.15) is 0 Å². The molecule has 3 nitrogen and oxygen atoms in total. The summed E-state index contributed by atoms with van der Waals surface area (Å²) in [4.78, 5) is 4.61. The van der Waals surface area contributed by atoms with Gasteiger partial charge in [0, 0.05) is 26.0 Å². The number of hydrogen-bond acceptors (Lipinski definition) is 3. The van der Waals surface area contributed by atoms with Crippen LogP contribution in [-0.2, 0) is 20.1 Å². The van der Waals surface area contributed by atoms with Crippen LogP contribution in [0.4, 0.5) is 0 Å². The van der Waals surface area contributed by atoms with Crippen LogP contribution in [0.1, 0.15) is 53.4 Å². The molecule has 5 rings (SSSR count). The van der Waals surface area contributed by atoms with Crippen LogP contribution in [0.5, 0.6) is 0 Å². The number of benzene rings is 2. The van der Waals surface area contributed by atoms with Crippen LogP contribution in [0.25, 0.3) is 22.2 Å². The fourth-order valence-corrected chi connectivity index (χ4v) is 6.24. The number of aromatic nitrogens is 1. The Labute approximate surface area is 224 Å². The molecule has 35 heavy (non-hydrogen) atoms. The molecule has 1 radical (unpaired) electrons. The van der Waals surface area contributed by atoms with Gasteiger partial charge < -0.3 is 10.2 Å². The van der Waals surface area contributed by atoms with E-state index in [0.717, 1.165) is 29.6 Å². The minimum Gasteiger partial charge on any atom is -0.392 e. The minimum absolute atomic E-state index is 0. The second-order valence-corrected chi connectivity index (χ2v) is 11.0. The molecule has 191 valence electrons. The van der Waals surface area contributed by atoms with Gasteiger partial charge in [0.15, 0.2) is 0 Å². The van der Waals surface area contributed by atoms with Crippen molar-refractivity contribution < 1.29 is 30.3 Å². The van der Waals surface area contributed by atoms with Crippen LogP contribution in [-0.4, -0.2) is 27.4 Å². The summed E-state index contributed by atoms with van der Waals surface area (Å²) in [7, 11) is 0. The summed E-state index contributed by atoms with van der Waals surface area (Å²) in [6.07, 6.45) is 4.09. The number of aliphatic hydroxyl groups is 2. The van der Waals surface area contributed by atoms with E-state index in [1.54, 1.807) is 0 Å². The van der Waals surface area contributed by atoms with E-state index in [2.05, 4.69) is 50.9 Å². The zero-order chi connectivity index (χ0) is 24.2. The molecule has 0 aliphatic heterocycles. The van der Waals surface area contributed by atoms with Crippen LogP contribution in [0.3, 0.4) is 0 Å². The fourth-order valence-electron chi connectivity index (χ4n) is 6.24. The summed E-state index contributed by atoms with van der Waals surface area (Å²) in [6.45, 7) is 8.79. The van der Waals surface area contributed by atoms with E-state index in [9.17, 15) is 10.2 Å². The summed E-state index contributed by atoms with van der Waals surface area (Å²) in [6, 6.07) is 23.4. The molecule has 2 saturated carbocycles. The first kappa shape index (κ1) is 28.0. The molecule has 2 N–H and O–H groups in total. The maximum absolute atomic E-state index is 10.6. The third-order valence-corrected chi connectivity index (χ3v) is 8.25. The van der Waals surface area contributed by atoms with Crippen LogP contribution in [0, 0.1) is 41.6 Å². The number of pyridine rings is 1. The molecule has 0 bridgehead atoms. The van der Waals surface area contributed by atoms with Gasteiger partial charge >= 0.3 is 0 Å². The molecular formula is C31H40IrNO2-. The van der Waals surface area contributed by atoms with Gasteiger partial charge in [-0.1, -0.05) is 58.0 Å². The minimum atomic E-state index is -0.291. The number of fused-ring (bicyclic) bond motifs is 2. The van der Waals surface area contributed by atoms with Gasteiger partial charge in [-0.25, -0.2) is 0 Å². The summed E-state index contributed by atoms with van der Waals surface area (Å²) >= 11 is 0. The molecule has 6 atom stereocenters. The van der Waals surface area contributed by atoms with E-state index >= 15 is 0 Å². The van der Waals surface area contributed by atoms with E-state index < -0.39 is 0 Å². The molecule has 2 aliphatic carbocycles. The normalized spacial score (nSPS) is 28.1. The first-order chi connectivity index (χ1) is 16.4. The number of para-hydroxylation sites is 1. The summed E-state index contributed by atoms with van der Waals surface area (Å²) in [5.74, 6) is 2.49. The average Bonchev–Trinajstić information content (AvgIpc) is 2.84. The van der Waals surface area contributed by atoms with Crippen molar-refractivity contribution in [2.45, 2.75) is 65.6 Å². The fraction of sp³-hybridized carbons (Fsp3) is 0.516. The molecule has 3 aromatic rings. The van der Waals surface area contributed by atoms with Crippen molar-refractivity contribution in [2.75, 3.05) is 0 Å². The zero-order valence-electron chi connectivity index (χ0n) is 21.4. The van der Waals surface area contributed by atoms with Crippen LogP contribution >= 0.6 is 0 Å². The number of rotatable bonds is 3. The Kier molecular flexibility index (Phi) is 10.1. The third kappa shape index (κ3) is 6.41. The van der Waals surface area contributed by atoms with Crippen molar-refractivity contribution in [3.8, 4) is 11.3 Å². The zero-order valence-corrected chi connectivity index (χ0v) is 23.8. The molecule has 1 heterocycles. The Morgan fingerprint density at radius 3 is 1.94 bits per heavy atom. The van der Waals surface area contributed by atoms with Gasteiger partial charge in [-0.15, -0.1) is 35.9 Å². The largest absolute Gasteiger partial charge is 0.392 e. The van der Waals surface area contributed by atoms with Crippen LogP contribution < -0.4 is 0 Å². The predicted octanol–water partition coefficient (Wildman–Crippen LogP) is 6.77. The average molecular weight is 651 g/mol. The quantitative estimate of drug-likeness (QED) is 0.308. The Balaban J connectivity index is 0.000000191. The van der Waals surface area contributed by atoms with Crippen molar-refractivity contribution in [3.05, 3.63) is 66.7 Å². The smallest absolute Gasteiger partial charge is 0.0626 e. The van der Waals surface area contributed by atoms with Gasteiger partial charge in [-0.3, -0.25) is 4.98 Å². The molecular weight excluding hydrogens is 611 g/mol. The van der Waals surface area contributed by atoms with E-state index in [-0.39, 0.29) is 38.2 Å². The molecule has 0 spiro atoms. The van der Waals surface area contributed by atoms with Crippen molar-refractivity contribution in [1.82, 2.24) is 4.98 Å². The van der Waals surface area contributed by atoms with Crippen LogP contribution in [0.15, 0.2) is 60.7 Å². The summed E-state index contributed by atoms with van der Waals surface area (Å²) < 4.78 is 0. The molecule has 1 aromatic heterocycles. The van der Waals surface area contributed by atoms with E-state index in [1.165, 1.54) is 18.2 Å². The van der Waals surface area contributed by atoms with E-state index in [1.807, 2.05) is 48.5 Å². The number of nitrogens with zero attached hydrogens (tertiary/aromatic N) is 1. The molecule has 4 heteroatoms. The van der Waals surface area contributed by atoms with Gasteiger partial charge in [-0.2, -0.15) is 0 Å². The van der Waals surface area contributed by atoms with Gasteiger partial charge in [-0.05, 0) is 72.4 Å². The molecule has 0 saturated heterocycles. The molecule has 0 amide bonds. The van der Waals surface area contributed by atoms with Crippen molar-refractivity contribution in [2.24, 2.45) is 35.5 Å². The first-order valence-corrected chi connectivity index (χ1v) is 13.1. The second-order valence-electron chi connectivity index (χ2n) is 11.0.